The van der Waals surface area contributed by atoms with Crippen LogP contribution in [0.25, 0.3) is 0 Å². The van der Waals surface area contributed by atoms with Crippen LogP contribution in [0.1, 0.15) is 27.7 Å². The largest absolute Gasteiger partial charge is 0.555 e. The van der Waals surface area contributed by atoms with E-state index in [-0.39, 0.29) is 0 Å². The fraction of sp³-hybridized carbons (Fsp3) is 0.571. The number of alkyl halides is 2. The van der Waals surface area contributed by atoms with Crippen LogP contribution in [0.2, 0.25) is 0 Å². The molecule has 112 valence electrons. The third-order valence-corrected chi connectivity index (χ3v) is 4.30. The van der Waals surface area contributed by atoms with Crippen molar-refractivity contribution >= 4 is 12.0 Å². The first kappa shape index (κ1) is 15.3. The fourth-order valence-electron chi connectivity index (χ4n) is 2.44. The number of methoxy groups -OCH3 is 1. The molecule has 1 aliphatic heterocycles. The summed E-state index contributed by atoms with van der Waals surface area (Å²) in [6, 6.07) is 6.41. The van der Waals surface area contributed by atoms with Gasteiger partial charge in [0.1, 0.15) is 5.75 Å². The molecule has 0 aromatic heterocycles. The van der Waals surface area contributed by atoms with Crippen molar-refractivity contribution in [2.75, 3.05) is 7.11 Å². The molecule has 0 radical (unpaired) electrons. The van der Waals surface area contributed by atoms with E-state index < -0.39 is 24.1 Å². The second-order valence-electron chi connectivity index (χ2n) is 6.13. The van der Waals surface area contributed by atoms with Gasteiger partial charge in [0.2, 0.25) is 0 Å². The molecule has 0 atom stereocenters. The molecule has 0 aliphatic carbocycles. The van der Waals surface area contributed by atoms with Crippen molar-refractivity contribution in [1.82, 2.24) is 0 Å². The molecule has 20 heavy (non-hydrogen) atoms. The van der Waals surface area contributed by atoms with E-state index in [1.165, 1.54) is 7.11 Å². The van der Waals surface area contributed by atoms with Crippen molar-refractivity contribution in [2.45, 2.75) is 45.2 Å². The number of rotatable bonds is 3. The molecular weight excluding hydrogens is 265 g/mol. The first-order valence-electron chi connectivity index (χ1n) is 6.62. The van der Waals surface area contributed by atoms with Gasteiger partial charge < -0.3 is 14.0 Å². The summed E-state index contributed by atoms with van der Waals surface area (Å²) in [6.07, 6.45) is -2.73. The minimum atomic E-state index is -2.82. The van der Waals surface area contributed by atoms with Gasteiger partial charge in [-0.25, -0.2) is 8.78 Å². The van der Waals surface area contributed by atoms with Crippen LogP contribution in [0.15, 0.2) is 24.3 Å². The van der Waals surface area contributed by atoms with Crippen molar-refractivity contribution in [3.8, 4) is 5.75 Å². The van der Waals surface area contributed by atoms with Crippen molar-refractivity contribution in [3.05, 3.63) is 24.3 Å². The molecule has 0 N–H and O–H groups in total. The van der Waals surface area contributed by atoms with Crippen molar-refractivity contribution in [3.63, 3.8) is 0 Å². The molecule has 1 aromatic rings. The maximum Gasteiger partial charge on any atom is 0.338 e. The maximum absolute atomic E-state index is 13.7. The zero-order valence-corrected chi connectivity index (χ0v) is 12.4. The van der Waals surface area contributed by atoms with E-state index in [0.29, 0.717) is 11.2 Å². The fourth-order valence-corrected chi connectivity index (χ4v) is 2.44. The van der Waals surface area contributed by atoms with E-state index in [4.69, 9.17) is 14.0 Å². The summed E-state index contributed by atoms with van der Waals surface area (Å²) in [7, 11) is 1.53. The monoisotopic (exact) mass is 285 g/mol. The summed E-state index contributed by atoms with van der Waals surface area (Å²) in [4.78, 5) is 0. The third-order valence-electron chi connectivity index (χ3n) is 4.30. The Hall–Kier alpha value is -1.14. The lowest BCUT2D eigenvalue weighted by Gasteiger charge is -2.36. The molecule has 2 rings (SSSR count). The molecular formula is C14H20BF2O3-. The molecule has 0 spiro atoms. The van der Waals surface area contributed by atoms with Gasteiger partial charge in [0.05, 0.1) is 7.11 Å². The van der Waals surface area contributed by atoms with Crippen molar-refractivity contribution in [2.24, 2.45) is 0 Å². The smallest absolute Gasteiger partial charge is 0.338 e. The Morgan fingerprint density at radius 1 is 1.00 bits per heavy atom. The average molecular weight is 285 g/mol. The Morgan fingerprint density at radius 3 is 1.80 bits per heavy atom. The molecule has 1 aliphatic rings. The quantitative estimate of drug-likeness (QED) is 0.799. The summed E-state index contributed by atoms with van der Waals surface area (Å²) in [5.74, 6) is 0.602. The van der Waals surface area contributed by atoms with Gasteiger partial charge in [-0.3, -0.25) is 0 Å². The summed E-state index contributed by atoms with van der Waals surface area (Å²) >= 11 is 0. The summed E-state index contributed by atoms with van der Waals surface area (Å²) < 4.78 is 43.9. The minimum Gasteiger partial charge on any atom is -0.555 e. The molecule has 0 saturated carbocycles. The van der Waals surface area contributed by atoms with Gasteiger partial charge in [0, 0.05) is 11.2 Å². The van der Waals surface area contributed by atoms with Crippen molar-refractivity contribution in [1.29, 1.82) is 0 Å². The lowest BCUT2D eigenvalue weighted by atomic mass is 9.52. The molecule has 0 amide bonds. The van der Waals surface area contributed by atoms with E-state index in [1.54, 1.807) is 52.0 Å². The first-order valence-corrected chi connectivity index (χ1v) is 6.62. The van der Waals surface area contributed by atoms with Gasteiger partial charge in [0.15, 0.2) is 6.32 Å². The number of ether oxygens (including phenoxy) is 1. The maximum atomic E-state index is 13.7. The van der Waals surface area contributed by atoms with Crippen molar-refractivity contribution < 1.29 is 22.8 Å². The highest BCUT2D eigenvalue weighted by Gasteiger charge is 2.56. The SMILES string of the molecule is COc1ccc([B-]2(C(F)F)OC(C)(C)C(C)(C)O2)cc1. The predicted octanol–water partition coefficient (Wildman–Crippen LogP) is 2.75. The van der Waals surface area contributed by atoms with E-state index in [1.807, 2.05) is 0 Å². The highest BCUT2D eigenvalue weighted by Crippen LogP contribution is 2.43. The molecule has 6 heteroatoms. The highest BCUT2D eigenvalue weighted by atomic mass is 19.3. The lowest BCUT2D eigenvalue weighted by Crippen LogP contribution is -2.58. The van der Waals surface area contributed by atoms with Crippen LogP contribution < -0.4 is 10.2 Å². The summed E-state index contributed by atoms with van der Waals surface area (Å²) in [5, 5.41) is 0. The predicted molar refractivity (Wildman–Crippen MR) is 74.7 cm³/mol. The Balaban J connectivity index is 2.47. The van der Waals surface area contributed by atoms with Crippen LogP contribution in [-0.2, 0) is 9.31 Å². The number of hydrogen-bond acceptors (Lipinski definition) is 3. The van der Waals surface area contributed by atoms with Crippen LogP contribution in [0.3, 0.4) is 0 Å². The Kier molecular flexibility index (Phi) is 3.59. The second-order valence-corrected chi connectivity index (χ2v) is 6.13. The van der Waals surface area contributed by atoms with Crippen LogP contribution in [-0.4, -0.2) is 31.2 Å². The van der Waals surface area contributed by atoms with Gasteiger partial charge in [-0.2, -0.15) is 0 Å². The Labute approximate surface area is 118 Å². The van der Waals surface area contributed by atoms with Crippen LogP contribution >= 0.6 is 0 Å². The topological polar surface area (TPSA) is 27.7 Å². The molecule has 0 bridgehead atoms. The van der Waals surface area contributed by atoms with Crippen LogP contribution in [0.4, 0.5) is 8.78 Å². The van der Waals surface area contributed by atoms with E-state index in [2.05, 4.69) is 0 Å². The van der Waals surface area contributed by atoms with Gasteiger partial charge in [0.25, 0.3) is 0 Å². The minimum absolute atomic E-state index is 0.347. The Morgan fingerprint density at radius 2 is 1.45 bits per heavy atom. The molecule has 1 saturated heterocycles. The standard InChI is InChI=1S/C14H20BF2O3/c1-13(2)14(3,4)20-15(19-13,12(16)17)10-6-8-11(18-5)9-7-10/h6-9,12H,1-5H3/q-1. The van der Waals surface area contributed by atoms with Gasteiger partial charge >= 0.3 is 6.55 Å². The van der Waals surface area contributed by atoms with Gasteiger partial charge in [-0.1, -0.05) is 12.1 Å². The number of benzene rings is 1. The normalized spacial score (nSPS) is 23.0. The van der Waals surface area contributed by atoms with Crippen LogP contribution in [0, 0.1) is 0 Å². The molecule has 1 aromatic carbocycles. The zero-order chi connectivity index (χ0) is 15.2. The third kappa shape index (κ3) is 2.21. The number of hydrogen-bond donors (Lipinski definition) is 0. The van der Waals surface area contributed by atoms with E-state index in [9.17, 15) is 8.78 Å². The lowest BCUT2D eigenvalue weighted by molar-refractivity contribution is 0.00578. The molecule has 0 unspecified atom stereocenters. The van der Waals surface area contributed by atoms with Gasteiger partial charge in [-0.15, -0.1) is 5.46 Å². The highest BCUT2D eigenvalue weighted by molar-refractivity contribution is 6.82. The second kappa shape index (κ2) is 4.70. The van der Waals surface area contributed by atoms with E-state index >= 15 is 0 Å². The van der Waals surface area contributed by atoms with Crippen LogP contribution in [0.5, 0.6) is 5.75 Å². The van der Waals surface area contributed by atoms with Gasteiger partial charge in [-0.05, 0) is 39.8 Å². The van der Waals surface area contributed by atoms with E-state index in [0.717, 1.165) is 0 Å². The molecule has 1 fully saturated rings. The first-order chi connectivity index (χ1) is 9.14. The summed E-state index contributed by atoms with van der Waals surface area (Å²) in [6.45, 7) is 4.24. The summed E-state index contributed by atoms with van der Waals surface area (Å²) in [5.41, 5.74) is -1.26. The molecule has 1 heterocycles. The zero-order valence-electron chi connectivity index (χ0n) is 12.4. The number of halogens is 2. The Bertz CT molecular complexity index is 470. The average Bonchev–Trinajstić information content (AvgIpc) is 2.56. The molecule has 3 nitrogen and oxygen atoms in total.